The number of piperidine rings is 1. The largest absolute Gasteiger partial charge is 0.491 e. The Hall–Kier alpha value is -2.54. The van der Waals surface area contributed by atoms with E-state index in [1.54, 1.807) is 24.3 Å². The predicted molar refractivity (Wildman–Crippen MR) is 114 cm³/mol. The van der Waals surface area contributed by atoms with Gasteiger partial charge in [-0.15, -0.1) is 0 Å². The normalized spacial score (nSPS) is 19.5. The summed E-state index contributed by atoms with van der Waals surface area (Å²) in [4.78, 5) is 16.5. The Balaban J connectivity index is 1.80. The lowest BCUT2D eigenvalue weighted by atomic mass is 9.99. The highest BCUT2D eigenvalue weighted by atomic mass is 19.1. The van der Waals surface area contributed by atoms with E-state index in [9.17, 15) is 18.0 Å². The smallest absolute Gasteiger partial charge is 0.227 e. The third-order valence-corrected chi connectivity index (χ3v) is 5.44. The molecule has 1 aliphatic heterocycles. The molecule has 0 bridgehead atoms. The van der Waals surface area contributed by atoms with Gasteiger partial charge in [-0.25, -0.2) is 13.2 Å². The minimum atomic E-state index is -1.24. The molecular formula is C24H29F3N2O2. The summed E-state index contributed by atoms with van der Waals surface area (Å²) in [5, 5.41) is 0. The van der Waals surface area contributed by atoms with Crippen LogP contribution in [0.25, 0.3) is 0 Å². The fraction of sp³-hybridized carbons (Fsp3) is 0.458. The van der Waals surface area contributed by atoms with Gasteiger partial charge >= 0.3 is 0 Å². The Bertz CT molecular complexity index is 889. The lowest BCUT2D eigenvalue weighted by Crippen LogP contribution is -2.53. The number of alkyl halides is 1. The van der Waals surface area contributed by atoms with E-state index < -0.39 is 23.8 Å². The van der Waals surface area contributed by atoms with E-state index in [0.717, 1.165) is 17.7 Å². The monoisotopic (exact) mass is 434 g/mol. The molecule has 0 radical (unpaired) electrons. The van der Waals surface area contributed by atoms with Crippen molar-refractivity contribution in [3.63, 3.8) is 0 Å². The first-order chi connectivity index (χ1) is 14.7. The van der Waals surface area contributed by atoms with Crippen molar-refractivity contribution in [1.82, 2.24) is 9.80 Å². The van der Waals surface area contributed by atoms with Gasteiger partial charge in [0.05, 0.1) is 18.6 Å². The van der Waals surface area contributed by atoms with Crippen molar-refractivity contribution in [1.29, 1.82) is 0 Å². The fourth-order valence-corrected chi connectivity index (χ4v) is 3.85. The van der Waals surface area contributed by atoms with Crippen LogP contribution in [-0.4, -0.2) is 54.2 Å². The number of carbonyl (C=O) groups is 1. The summed E-state index contributed by atoms with van der Waals surface area (Å²) >= 11 is 0. The molecule has 31 heavy (non-hydrogen) atoms. The molecule has 2 atom stereocenters. The van der Waals surface area contributed by atoms with Crippen molar-refractivity contribution in [3.05, 3.63) is 65.2 Å². The lowest BCUT2D eigenvalue weighted by Gasteiger charge is -2.39. The molecule has 0 spiro atoms. The molecule has 1 heterocycles. The minimum absolute atomic E-state index is 0.0412. The molecule has 1 fully saturated rings. The standard InChI is InChI=1S/C24H29F3N2O2/c1-16(2)31-20-8-4-17(5-9-20)12-24(30)29(23-10-11-28(3)15-22(23)27)14-18-6-7-19(25)13-21(18)26/h4-9,13,16,22-23H,10-12,14-15H2,1-3H3/t22-,23+/m1/s1. The molecule has 2 aromatic rings. The van der Waals surface area contributed by atoms with E-state index in [2.05, 4.69) is 0 Å². The summed E-state index contributed by atoms with van der Waals surface area (Å²) in [6.07, 6.45) is -0.690. The van der Waals surface area contributed by atoms with Crippen LogP contribution < -0.4 is 4.74 Å². The number of nitrogens with zero attached hydrogens (tertiary/aromatic N) is 2. The maximum absolute atomic E-state index is 14.9. The van der Waals surface area contributed by atoms with Crippen LogP contribution in [0, 0.1) is 11.6 Å². The van der Waals surface area contributed by atoms with Gasteiger partial charge in [-0.1, -0.05) is 18.2 Å². The van der Waals surface area contributed by atoms with Crippen LogP contribution in [0.3, 0.4) is 0 Å². The molecule has 2 aromatic carbocycles. The number of amides is 1. The molecule has 1 saturated heterocycles. The summed E-state index contributed by atoms with van der Waals surface area (Å²) in [5.41, 5.74) is 0.926. The SMILES string of the molecule is CC(C)Oc1ccc(CC(=O)N(Cc2ccc(F)cc2F)[C@H]2CCN(C)C[C@H]2F)cc1. The van der Waals surface area contributed by atoms with Crippen LogP contribution in [-0.2, 0) is 17.8 Å². The highest BCUT2D eigenvalue weighted by Crippen LogP contribution is 2.24. The molecule has 0 aliphatic carbocycles. The topological polar surface area (TPSA) is 32.8 Å². The van der Waals surface area contributed by atoms with E-state index in [0.29, 0.717) is 18.7 Å². The summed E-state index contributed by atoms with van der Waals surface area (Å²) < 4.78 is 48.1. The molecule has 1 amide bonds. The molecule has 0 saturated carbocycles. The number of hydrogen-bond donors (Lipinski definition) is 0. The Kier molecular flexibility index (Phi) is 7.59. The van der Waals surface area contributed by atoms with Crippen LogP contribution in [0.1, 0.15) is 31.4 Å². The predicted octanol–water partition coefficient (Wildman–Crippen LogP) is 4.37. The van der Waals surface area contributed by atoms with Gasteiger partial charge in [0, 0.05) is 31.3 Å². The zero-order chi connectivity index (χ0) is 22.5. The minimum Gasteiger partial charge on any atom is -0.491 e. The van der Waals surface area contributed by atoms with Crippen LogP contribution in [0.2, 0.25) is 0 Å². The summed E-state index contributed by atoms with van der Waals surface area (Å²) in [7, 11) is 1.83. The number of ether oxygens (including phenoxy) is 1. The van der Waals surface area contributed by atoms with Gasteiger partial charge in [-0.2, -0.15) is 0 Å². The lowest BCUT2D eigenvalue weighted by molar-refractivity contribution is -0.136. The second-order valence-corrected chi connectivity index (χ2v) is 8.38. The average Bonchev–Trinajstić information content (AvgIpc) is 2.69. The van der Waals surface area contributed by atoms with E-state index in [1.165, 1.54) is 11.0 Å². The zero-order valence-electron chi connectivity index (χ0n) is 18.2. The second-order valence-electron chi connectivity index (χ2n) is 8.38. The molecule has 0 unspecified atom stereocenters. The Morgan fingerprint density at radius 3 is 2.52 bits per heavy atom. The van der Waals surface area contributed by atoms with Crippen molar-refractivity contribution < 1.29 is 22.7 Å². The first kappa shape index (κ1) is 23.1. The Morgan fingerprint density at radius 2 is 1.90 bits per heavy atom. The van der Waals surface area contributed by atoms with Crippen LogP contribution in [0.15, 0.2) is 42.5 Å². The van der Waals surface area contributed by atoms with E-state index in [-0.39, 0.29) is 37.1 Å². The first-order valence-electron chi connectivity index (χ1n) is 10.5. The van der Waals surface area contributed by atoms with Gasteiger partial charge in [0.2, 0.25) is 5.91 Å². The van der Waals surface area contributed by atoms with Gasteiger partial charge in [-0.05, 0) is 51.1 Å². The van der Waals surface area contributed by atoms with Gasteiger partial charge < -0.3 is 14.5 Å². The first-order valence-corrected chi connectivity index (χ1v) is 10.5. The van der Waals surface area contributed by atoms with Crippen LogP contribution in [0.5, 0.6) is 5.75 Å². The van der Waals surface area contributed by atoms with Crippen molar-refractivity contribution in [2.24, 2.45) is 0 Å². The molecule has 4 nitrogen and oxygen atoms in total. The Labute approximate surface area is 181 Å². The molecule has 3 rings (SSSR count). The molecule has 168 valence electrons. The quantitative estimate of drug-likeness (QED) is 0.649. The van der Waals surface area contributed by atoms with Crippen LogP contribution in [0.4, 0.5) is 13.2 Å². The highest BCUT2D eigenvalue weighted by molar-refractivity contribution is 5.79. The number of likely N-dealkylation sites (tertiary alicyclic amines) is 1. The number of rotatable bonds is 7. The summed E-state index contributed by atoms with van der Waals surface area (Å²) in [5.74, 6) is -1.02. The third kappa shape index (κ3) is 6.23. The van der Waals surface area contributed by atoms with Gasteiger partial charge in [0.1, 0.15) is 23.6 Å². The van der Waals surface area contributed by atoms with E-state index >= 15 is 0 Å². The van der Waals surface area contributed by atoms with E-state index in [4.69, 9.17) is 4.74 Å². The Morgan fingerprint density at radius 1 is 1.19 bits per heavy atom. The van der Waals surface area contributed by atoms with Crippen LogP contribution >= 0.6 is 0 Å². The van der Waals surface area contributed by atoms with Crippen molar-refractivity contribution >= 4 is 5.91 Å². The molecule has 1 aliphatic rings. The highest BCUT2D eigenvalue weighted by Gasteiger charge is 2.35. The number of halogens is 3. The maximum atomic E-state index is 14.9. The number of benzene rings is 2. The maximum Gasteiger partial charge on any atom is 0.227 e. The van der Waals surface area contributed by atoms with Crippen molar-refractivity contribution in [3.8, 4) is 5.75 Å². The van der Waals surface area contributed by atoms with Gasteiger partial charge in [0.15, 0.2) is 0 Å². The van der Waals surface area contributed by atoms with E-state index in [1.807, 2.05) is 25.8 Å². The molecular weight excluding hydrogens is 405 g/mol. The van der Waals surface area contributed by atoms with Gasteiger partial charge in [-0.3, -0.25) is 4.79 Å². The number of hydrogen-bond acceptors (Lipinski definition) is 3. The third-order valence-electron chi connectivity index (χ3n) is 5.44. The zero-order valence-corrected chi connectivity index (χ0v) is 18.2. The average molecular weight is 435 g/mol. The second kappa shape index (κ2) is 10.2. The molecule has 0 aromatic heterocycles. The molecule has 7 heteroatoms. The molecule has 0 N–H and O–H groups in total. The fourth-order valence-electron chi connectivity index (χ4n) is 3.85. The summed E-state index contributed by atoms with van der Waals surface area (Å²) in [6.45, 7) is 4.61. The van der Waals surface area contributed by atoms with Gasteiger partial charge in [0.25, 0.3) is 0 Å². The number of carbonyl (C=O) groups excluding carboxylic acids is 1. The van der Waals surface area contributed by atoms with Crippen molar-refractivity contribution in [2.45, 2.75) is 51.6 Å². The van der Waals surface area contributed by atoms with Crippen molar-refractivity contribution in [2.75, 3.05) is 20.1 Å². The summed E-state index contributed by atoms with van der Waals surface area (Å²) in [6, 6.07) is 9.77.